The van der Waals surface area contributed by atoms with Gasteiger partial charge >= 0.3 is 0 Å². The van der Waals surface area contributed by atoms with E-state index in [1.54, 1.807) is 0 Å². The Kier molecular flexibility index (Phi) is 4.99. The van der Waals surface area contributed by atoms with E-state index in [1.807, 2.05) is 0 Å². The maximum Gasteiger partial charge on any atom is 0.0933 e. The van der Waals surface area contributed by atoms with Crippen LogP contribution >= 0.6 is 15.9 Å². The minimum absolute atomic E-state index is 0.208. The van der Waals surface area contributed by atoms with E-state index in [1.165, 1.54) is 22.3 Å². The van der Waals surface area contributed by atoms with E-state index in [-0.39, 0.29) is 10.8 Å². The van der Waals surface area contributed by atoms with Crippen LogP contribution in [0.1, 0.15) is 50.2 Å². The van der Waals surface area contributed by atoms with Crippen LogP contribution in [0, 0.1) is 0 Å². The summed E-state index contributed by atoms with van der Waals surface area (Å²) in [6.07, 6.45) is 0. The predicted octanol–water partition coefficient (Wildman–Crippen LogP) is 9.32. The average molecular weight is 559 g/mol. The van der Waals surface area contributed by atoms with Crippen molar-refractivity contribution in [2.24, 2.45) is 0 Å². The van der Waals surface area contributed by atoms with Crippen LogP contribution in [0.2, 0.25) is 0 Å². The third-order valence-corrected chi connectivity index (χ3v) is 8.70. The van der Waals surface area contributed by atoms with Gasteiger partial charge in [0.05, 0.1) is 22.8 Å². The fourth-order valence-electron chi connectivity index (χ4n) is 6.17. The van der Waals surface area contributed by atoms with Gasteiger partial charge in [-0.2, -0.15) is 0 Å². The monoisotopic (exact) mass is 557 g/mol. The van der Waals surface area contributed by atoms with Crippen molar-refractivity contribution in [1.82, 2.24) is 9.97 Å². The molecule has 7 rings (SSSR count). The van der Waals surface area contributed by atoms with Crippen LogP contribution in [0.4, 0.5) is 17.1 Å². The summed E-state index contributed by atoms with van der Waals surface area (Å²) in [4.78, 5) is 13.1. The molecule has 2 aliphatic carbocycles. The van der Waals surface area contributed by atoms with Crippen LogP contribution in [0.5, 0.6) is 0 Å². The molecule has 0 aliphatic heterocycles. The highest BCUT2D eigenvalue weighted by Crippen LogP contribution is 2.54. The molecule has 1 aromatic heterocycles. The van der Waals surface area contributed by atoms with Crippen LogP contribution in [0.3, 0.4) is 0 Å². The zero-order valence-corrected chi connectivity index (χ0v) is 23.5. The molecule has 0 N–H and O–H groups in total. The fourth-order valence-corrected chi connectivity index (χ4v) is 6.54. The second-order valence-corrected chi connectivity index (χ2v) is 12.2. The standard InChI is InChI=1S/C34H28BrN3/c1-33(2)27-19-21(35)15-17-25(27)29-31(33)37-30-26-18-16-24(20-28(26)34(3,4)32(30)36-29)38(22-11-7-5-8-12-22)23-13-9-6-10-14-23/h5-20H,1-4H3. The van der Waals surface area contributed by atoms with Crippen molar-refractivity contribution in [1.29, 1.82) is 0 Å². The minimum Gasteiger partial charge on any atom is -0.310 e. The molecular weight excluding hydrogens is 530 g/mol. The van der Waals surface area contributed by atoms with Crippen molar-refractivity contribution < 1.29 is 0 Å². The highest BCUT2D eigenvalue weighted by Gasteiger charge is 2.44. The Labute approximate surface area is 232 Å². The van der Waals surface area contributed by atoms with E-state index in [2.05, 4.69) is 146 Å². The first-order chi connectivity index (χ1) is 18.3. The number of aromatic nitrogens is 2. The maximum absolute atomic E-state index is 5.37. The Bertz CT molecular complexity index is 1680. The Hall–Kier alpha value is -3.76. The quantitative estimate of drug-likeness (QED) is 0.221. The lowest BCUT2D eigenvalue weighted by atomic mass is 9.84. The molecule has 5 aromatic rings. The number of anilines is 3. The van der Waals surface area contributed by atoms with Gasteiger partial charge in [0, 0.05) is 43.5 Å². The van der Waals surface area contributed by atoms with Crippen LogP contribution in [-0.2, 0) is 10.8 Å². The molecule has 4 heteroatoms. The highest BCUT2D eigenvalue weighted by molar-refractivity contribution is 9.10. The Morgan fingerprint density at radius 3 is 1.55 bits per heavy atom. The lowest BCUT2D eigenvalue weighted by molar-refractivity contribution is 0.617. The molecule has 0 saturated carbocycles. The molecule has 0 unspecified atom stereocenters. The summed E-state index contributed by atoms with van der Waals surface area (Å²) >= 11 is 3.66. The third-order valence-electron chi connectivity index (χ3n) is 8.21. The molecule has 0 spiro atoms. The number of nitrogens with zero attached hydrogens (tertiary/aromatic N) is 3. The van der Waals surface area contributed by atoms with Gasteiger partial charge in [0.25, 0.3) is 0 Å². The van der Waals surface area contributed by atoms with Crippen molar-refractivity contribution in [3.8, 4) is 22.5 Å². The summed E-state index contributed by atoms with van der Waals surface area (Å²) in [5.41, 5.74) is 12.0. The van der Waals surface area contributed by atoms with E-state index in [4.69, 9.17) is 9.97 Å². The van der Waals surface area contributed by atoms with Gasteiger partial charge in [-0.25, -0.2) is 9.97 Å². The first-order valence-electron chi connectivity index (χ1n) is 13.1. The topological polar surface area (TPSA) is 29.0 Å². The minimum atomic E-state index is -0.274. The predicted molar refractivity (Wildman–Crippen MR) is 160 cm³/mol. The normalized spacial score (nSPS) is 15.4. The summed E-state index contributed by atoms with van der Waals surface area (Å²) in [7, 11) is 0. The van der Waals surface area contributed by atoms with E-state index >= 15 is 0 Å². The largest absolute Gasteiger partial charge is 0.310 e. The number of hydrogen-bond acceptors (Lipinski definition) is 3. The molecule has 0 atom stereocenters. The van der Waals surface area contributed by atoms with Crippen molar-refractivity contribution in [2.45, 2.75) is 38.5 Å². The van der Waals surface area contributed by atoms with Gasteiger partial charge in [-0.1, -0.05) is 92.2 Å². The molecule has 4 aromatic carbocycles. The Morgan fingerprint density at radius 2 is 1.03 bits per heavy atom. The van der Waals surface area contributed by atoms with Gasteiger partial charge < -0.3 is 4.90 Å². The second-order valence-electron chi connectivity index (χ2n) is 11.3. The highest BCUT2D eigenvalue weighted by atomic mass is 79.9. The van der Waals surface area contributed by atoms with E-state index < -0.39 is 0 Å². The van der Waals surface area contributed by atoms with E-state index in [0.717, 1.165) is 44.3 Å². The van der Waals surface area contributed by atoms with E-state index in [9.17, 15) is 0 Å². The van der Waals surface area contributed by atoms with Crippen LogP contribution in [0.15, 0.2) is 102 Å². The van der Waals surface area contributed by atoms with Crippen molar-refractivity contribution in [3.63, 3.8) is 0 Å². The zero-order valence-electron chi connectivity index (χ0n) is 22.0. The summed E-state index contributed by atoms with van der Waals surface area (Å²) in [6, 6.07) is 34.4. The number of halogens is 1. The summed E-state index contributed by atoms with van der Waals surface area (Å²) < 4.78 is 1.09. The van der Waals surface area contributed by atoms with E-state index in [0.29, 0.717) is 0 Å². The fraction of sp³-hybridized carbons (Fsp3) is 0.176. The van der Waals surface area contributed by atoms with Crippen molar-refractivity contribution in [3.05, 3.63) is 124 Å². The van der Waals surface area contributed by atoms with Gasteiger partial charge in [-0.3, -0.25) is 0 Å². The van der Waals surface area contributed by atoms with Gasteiger partial charge in [0.15, 0.2) is 0 Å². The molecule has 0 amide bonds. The molecule has 1 heterocycles. The molecule has 0 bridgehead atoms. The van der Waals surface area contributed by atoms with Gasteiger partial charge in [-0.05, 0) is 59.7 Å². The lowest BCUT2D eigenvalue weighted by Gasteiger charge is -2.27. The Morgan fingerprint density at radius 1 is 0.553 bits per heavy atom. The molecule has 186 valence electrons. The number of para-hydroxylation sites is 2. The smallest absolute Gasteiger partial charge is 0.0933 e. The zero-order chi connectivity index (χ0) is 26.2. The number of rotatable bonds is 3. The molecule has 0 saturated heterocycles. The molecule has 2 aliphatic rings. The Balaban J connectivity index is 1.40. The number of benzene rings is 4. The molecule has 0 radical (unpaired) electrons. The number of hydrogen-bond donors (Lipinski definition) is 0. The maximum atomic E-state index is 5.37. The van der Waals surface area contributed by atoms with Crippen LogP contribution < -0.4 is 4.90 Å². The molecule has 0 fully saturated rings. The molecule has 38 heavy (non-hydrogen) atoms. The van der Waals surface area contributed by atoms with Gasteiger partial charge in [-0.15, -0.1) is 0 Å². The lowest BCUT2D eigenvalue weighted by Crippen LogP contribution is -2.20. The van der Waals surface area contributed by atoms with Gasteiger partial charge in [0.1, 0.15) is 0 Å². The third kappa shape index (κ3) is 3.26. The van der Waals surface area contributed by atoms with Crippen molar-refractivity contribution >= 4 is 33.0 Å². The first kappa shape index (κ1) is 23.4. The summed E-state index contributed by atoms with van der Waals surface area (Å²) in [6.45, 7) is 9.07. The van der Waals surface area contributed by atoms with Crippen LogP contribution in [-0.4, -0.2) is 9.97 Å². The second kappa shape index (κ2) is 8.12. The molecule has 3 nitrogen and oxygen atoms in total. The first-order valence-corrected chi connectivity index (χ1v) is 13.8. The average Bonchev–Trinajstić information content (AvgIpc) is 3.28. The van der Waals surface area contributed by atoms with Crippen molar-refractivity contribution in [2.75, 3.05) is 4.90 Å². The van der Waals surface area contributed by atoms with Gasteiger partial charge in [0.2, 0.25) is 0 Å². The van der Waals surface area contributed by atoms with Crippen LogP contribution in [0.25, 0.3) is 22.5 Å². The molecular formula is C34H28BrN3. The summed E-state index contributed by atoms with van der Waals surface area (Å²) in [5, 5.41) is 0. The summed E-state index contributed by atoms with van der Waals surface area (Å²) in [5.74, 6) is 0. The number of fused-ring (bicyclic) bond motifs is 6. The SMILES string of the molecule is CC1(C)c2cc(Br)ccc2-c2nc3c(nc21)-c1ccc(N(c2ccccc2)c2ccccc2)cc1C3(C)C.